The Morgan fingerprint density at radius 3 is 2.17 bits per heavy atom. The van der Waals surface area contributed by atoms with Crippen molar-refractivity contribution in [2.24, 2.45) is 0 Å². The highest BCUT2D eigenvalue weighted by molar-refractivity contribution is 8.10. The van der Waals surface area contributed by atoms with Crippen molar-refractivity contribution in [2.75, 3.05) is 0 Å². The van der Waals surface area contributed by atoms with E-state index >= 15 is 0 Å². The fourth-order valence-corrected chi connectivity index (χ4v) is 1.78. The summed E-state index contributed by atoms with van der Waals surface area (Å²) in [5.41, 5.74) is 0. The molecule has 0 atom stereocenters. The summed E-state index contributed by atoms with van der Waals surface area (Å²) < 4.78 is 34.5. The lowest BCUT2D eigenvalue weighted by atomic mass is 10.4. The van der Waals surface area contributed by atoms with Crippen LogP contribution in [0.1, 0.15) is 0 Å². The van der Waals surface area contributed by atoms with Crippen LogP contribution in [0.4, 0.5) is 4.39 Å². The highest BCUT2D eigenvalue weighted by Gasteiger charge is 2.18. The average Bonchev–Trinajstić information content (AvgIpc) is 2.06. The monoisotopic (exact) mass is 204 g/mol. The molecule has 0 heterocycles. The Bertz CT molecular complexity index is 385. The van der Waals surface area contributed by atoms with E-state index in [1.54, 1.807) is 6.07 Å². The van der Waals surface area contributed by atoms with E-state index in [2.05, 4.69) is 8.86 Å². The minimum absolute atomic E-state index is 0.0579. The molecule has 0 saturated heterocycles. The first-order valence-electron chi connectivity index (χ1n) is 3.09. The molecule has 0 fully saturated rings. The van der Waals surface area contributed by atoms with Crippen LogP contribution >= 0.6 is 8.86 Å². The molecule has 0 spiro atoms. The number of rotatable bonds is 2. The van der Waals surface area contributed by atoms with Crippen LogP contribution in [0, 0.1) is 0 Å². The van der Waals surface area contributed by atoms with Crippen molar-refractivity contribution >= 4 is 23.6 Å². The van der Waals surface area contributed by atoms with E-state index in [-0.39, 0.29) is 4.90 Å². The molecule has 0 radical (unpaired) electrons. The molecule has 0 bridgehead atoms. The number of hydrogen-bond donors (Lipinski definition) is 0. The summed E-state index contributed by atoms with van der Waals surface area (Å²) in [4.78, 5) is -1.33. The summed E-state index contributed by atoms with van der Waals surface area (Å²) in [6, 6.07) is 7.37. The molecule has 0 aromatic heterocycles. The number of hydrogen-bond acceptors (Lipinski definition) is 2. The third-order valence-corrected chi connectivity index (χ3v) is 3.46. The maximum atomic E-state index is 12.4. The van der Waals surface area contributed by atoms with Gasteiger partial charge in [0.25, 0.3) is 0 Å². The van der Waals surface area contributed by atoms with Crippen molar-refractivity contribution in [3.8, 4) is 0 Å². The zero-order valence-corrected chi connectivity index (χ0v) is 7.81. The second-order valence-corrected chi connectivity index (χ2v) is 4.73. The molecule has 64 valence electrons. The van der Waals surface area contributed by atoms with Gasteiger partial charge in [0.2, 0.25) is 14.7 Å². The first-order valence-corrected chi connectivity index (χ1v) is 5.07. The largest absolute Gasteiger partial charge is 0.237 e. The quantitative estimate of drug-likeness (QED) is 0.686. The van der Waals surface area contributed by atoms with Crippen LogP contribution in [-0.4, -0.2) is 13.3 Å². The summed E-state index contributed by atoms with van der Waals surface area (Å²) in [6.07, 6.45) is 0. The first kappa shape index (κ1) is 9.36. The van der Waals surface area contributed by atoms with Crippen LogP contribution in [0.25, 0.3) is 0 Å². The molecule has 0 aliphatic heterocycles. The van der Waals surface area contributed by atoms with Gasteiger partial charge in [-0.25, -0.2) is 8.42 Å². The maximum Gasteiger partial charge on any atom is 0.237 e. The van der Waals surface area contributed by atoms with Crippen LogP contribution in [0.3, 0.4) is 0 Å². The van der Waals surface area contributed by atoms with Gasteiger partial charge in [0.1, 0.15) is 0 Å². The molecule has 5 heteroatoms. The van der Waals surface area contributed by atoms with Gasteiger partial charge in [-0.3, -0.25) is 0 Å². The lowest BCUT2D eigenvalue weighted by molar-refractivity contribution is 0.602. The summed E-state index contributed by atoms with van der Waals surface area (Å²) in [6.45, 7) is 0. The summed E-state index contributed by atoms with van der Waals surface area (Å²) in [7, 11) is -1.57. The molecule has 12 heavy (non-hydrogen) atoms. The highest BCUT2D eigenvalue weighted by atomic mass is 32.2. The highest BCUT2D eigenvalue weighted by Crippen LogP contribution is 2.12. The van der Waals surface area contributed by atoms with Gasteiger partial charge in [-0.1, -0.05) is 27.1 Å². The predicted molar refractivity (Wildman–Crippen MR) is 48.1 cm³/mol. The van der Waals surface area contributed by atoms with Gasteiger partial charge in [0.15, 0.2) is 0 Å². The Hall–Kier alpha value is -0.730. The third kappa shape index (κ3) is 1.71. The maximum absolute atomic E-state index is 12.4. The van der Waals surface area contributed by atoms with Crippen LogP contribution < -0.4 is 0 Å². The molecule has 1 aromatic rings. The number of halogens is 1. The summed E-state index contributed by atoms with van der Waals surface area (Å²) in [5, 5.41) is 0. The molecular formula is C7H6FO2PS. The van der Waals surface area contributed by atoms with Gasteiger partial charge in [-0.05, 0) is 12.1 Å². The van der Waals surface area contributed by atoms with E-state index in [1.165, 1.54) is 24.3 Å². The molecule has 0 N–H and O–H groups in total. The Kier molecular flexibility index (Phi) is 2.60. The lowest BCUT2D eigenvalue weighted by Crippen LogP contribution is -2.06. The van der Waals surface area contributed by atoms with E-state index < -0.39 is 14.7 Å². The van der Waals surface area contributed by atoms with Crippen molar-refractivity contribution in [2.45, 2.75) is 4.90 Å². The van der Waals surface area contributed by atoms with Gasteiger partial charge in [-0.15, -0.1) is 0 Å². The minimum atomic E-state index is -3.91. The third-order valence-electron chi connectivity index (χ3n) is 1.29. The van der Waals surface area contributed by atoms with Crippen LogP contribution in [0.5, 0.6) is 0 Å². The van der Waals surface area contributed by atoms with Crippen molar-refractivity contribution < 1.29 is 12.8 Å². The smallest absolute Gasteiger partial charge is 0.216 e. The van der Waals surface area contributed by atoms with Crippen molar-refractivity contribution in [1.82, 2.24) is 0 Å². The average molecular weight is 204 g/mol. The van der Waals surface area contributed by atoms with Gasteiger partial charge in [0, 0.05) is 0 Å². The van der Waals surface area contributed by atoms with Crippen LogP contribution in [0.15, 0.2) is 35.2 Å². The summed E-state index contributed by atoms with van der Waals surface area (Å²) >= 11 is 0. The van der Waals surface area contributed by atoms with E-state index in [4.69, 9.17) is 0 Å². The molecule has 0 amide bonds. The molecule has 0 aliphatic rings. The normalized spacial score (nSPS) is 11.1. The van der Waals surface area contributed by atoms with Crippen molar-refractivity contribution in [3.63, 3.8) is 0 Å². The van der Waals surface area contributed by atoms with Gasteiger partial charge < -0.3 is 0 Å². The van der Waals surface area contributed by atoms with Crippen LogP contribution in [-0.2, 0) is 9.84 Å². The molecule has 0 saturated carbocycles. The fourth-order valence-electron chi connectivity index (χ4n) is 0.703. The standard InChI is InChI=1S/C7H6FO2PS/c8-7(11)12(9,10)6-4-2-1-3-5-6/h1-5,11H. The zero-order valence-electron chi connectivity index (χ0n) is 5.99. The van der Waals surface area contributed by atoms with Crippen molar-refractivity contribution in [1.29, 1.82) is 0 Å². The van der Waals surface area contributed by atoms with Gasteiger partial charge in [-0.2, -0.15) is 4.39 Å². The second kappa shape index (κ2) is 3.33. The lowest BCUT2D eigenvalue weighted by Gasteiger charge is -1.97. The molecular weight excluding hydrogens is 198 g/mol. The van der Waals surface area contributed by atoms with E-state index in [0.717, 1.165) is 0 Å². The first-order chi connectivity index (χ1) is 5.55. The minimum Gasteiger partial charge on any atom is -0.216 e. The predicted octanol–water partition coefficient (Wildman–Crippen LogP) is 1.66. The fraction of sp³-hybridized carbons (Fsp3) is 0. The van der Waals surface area contributed by atoms with E-state index in [1.807, 2.05) is 0 Å². The molecule has 0 aliphatic carbocycles. The van der Waals surface area contributed by atoms with E-state index in [9.17, 15) is 12.8 Å². The Labute approximate surface area is 72.2 Å². The Morgan fingerprint density at radius 1 is 1.25 bits per heavy atom. The van der Waals surface area contributed by atoms with Gasteiger partial charge >= 0.3 is 0 Å². The number of sulfone groups is 1. The molecule has 0 unspecified atom stereocenters. The molecule has 1 rings (SSSR count). The van der Waals surface area contributed by atoms with Crippen LogP contribution in [0.2, 0.25) is 0 Å². The number of benzene rings is 1. The van der Waals surface area contributed by atoms with Gasteiger partial charge in [0.05, 0.1) is 4.90 Å². The molecule has 1 aromatic carbocycles. The zero-order chi connectivity index (χ0) is 9.19. The van der Waals surface area contributed by atoms with Crippen molar-refractivity contribution in [3.05, 3.63) is 30.3 Å². The SMILES string of the molecule is O=S(=O)(C(F)=P)c1ccccc1. The van der Waals surface area contributed by atoms with E-state index in [0.29, 0.717) is 0 Å². The Morgan fingerprint density at radius 2 is 1.75 bits per heavy atom. The topological polar surface area (TPSA) is 34.1 Å². The second-order valence-electron chi connectivity index (χ2n) is 2.09. The summed E-state index contributed by atoms with van der Waals surface area (Å²) in [5.74, 6) is 0. The Balaban J connectivity index is 3.26. The molecule has 2 nitrogen and oxygen atoms in total.